The van der Waals surface area contributed by atoms with Crippen LogP contribution in [0.15, 0.2) is 77.2 Å². The Balaban J connectivity index is 1.56. The van der Waals surface area contributed by atoms with E-state index in [1.165, 1.54) is 24.3 Å². The third-order valence-electron chi connectivity index (χ3n) is 5.33. The first-order chi connectivity index (χ1) is 15.2. The fourth-order valence-electron chi connectivity index (χ4n) is 3.61. The number of aromatic nitrogens is 1. The molecule has 1 aliphatic heterocycles. The second kappa shape index (κ2) is 7.39. The van der Waals surface area contributed by atoms with E-state index in [-0.39, 0.29) is 10.8 Å². The highest BCUT2D eigenvalue weighted by Crippen LogP contribution is 2.45. The molecule has 0 spiro atoms. The molecule has 4 aromatic rings. The zero-order chi connectivity index (χ0) is 22.5. The molecular formula is C23H15F4N3OS. The Kier molecular flexibility index (Phi) is 4.75. The van der Waals surface area contributed by atoms with Crippen LogP contribution < -0.4 is 5.01 Å². The minimum absolute atomic E-state index is 0.106. The highest BCUT2D eigenvalue weighted by atomic mass is 32.1. The lowest BCUT2D eigenvalue weighted by molar-refractivity contribution is -0.254. The third-order valence-corrected chi connectivity index (χ3v) is 6.15. The zero-order valence-corrected chi connectivity index (χ0v) is 17.2. The summed E-state index contributed by atoms with van der Waals surface area (Å²) >= 11 is 0.918. The van der Waals surface area contributed by atoms with E-state index in [1.807, 2.05) is 24.3 Å². The number of alkyl halides is 3. The van der Waals surface area contributed by atoms with Crippen LogP contribution in [0.5, 0.6) is 0 Å². The minimum atomic E-state index is -4.98. The van der Waals surface area contributed by atoms with E-state index in [9.17, 15) is 22.7 Å². The van der Waals surface area contributed by atoms with Crippen molar-refractivity contribution in [2.75, 3.05) is 5.01 Å². The molecule has 1 atom stereocenters. The Morgan fingerprint density at radius 2 is 1.62 bits per heavy atom. The summed E-state index contributed by atoms with van der Waals surface area (Å²) in [6.45, 7) is 0. The predicted octanol–water partition coefficient (Wildman–Crippen LogP) is 5.97. The van der Waals surface area contributed by atoms with Gasteiger partial charge in [0.1, 0.15) is 5.82 Å². The van der Waals surface area contributed by atoms with E-state index in [0.29, 0.717) is 21.8 Å². The molecule has 0 amide bonds. The van der Waals surface area contributed by atoms with Crippen molar-refractivity contribution in [1.82, 2.24) is 4.98 Å². The predicted molar refractivity (Wildman–Crippen MR) is 116 cm³/mol. The third kappa shape index (κ3) is 3.43. The Morgan fingerprint density at radius 1 is 0.938 bits per heavy atom. The quantitative estimate of drug-likeness (QED) is 0.386. The second-order valence-corrected chi connectivity index (χ2v) is 8.27. The Labute approximate surface area is 184 Å². The summed E-state index contributed by atoms with van der Waals surface area (Å²) in [7, 11) is 0. The molecule has 3 aromatic carbocycles. The topological polar surface area (TPSA) is 48.7 Å². The Bertz CT molecular complexity index is 1330. The Morgan fingerprint density at radius 3 is 2.34 bits per heavy atom. The van der Waals surface area contributed by atoms with Gasteiger partial charge in [-0.1, -0.05) is 36.4 Å². The van der Waals surface area contributed by atoms with Gasteiger partial charge in [0.25, 0.3) is 5.72 Å². The van der Waals surface area contributed by atoms with E-state index in [4.69, 9.17) is 0 Å². The van der Waals surface area contributed by atoms with Gasteiger partial charge in [0.15, 0.2) is 0 Å². The van der Waals surface area contributed by atoms with Crippen molar-refractivity contribution in [3.05, 3.63) is 83.5 Å². The molecule has 162 valence electrons. The number of halogens is 4. The number of hydrazone groups is 1. The number of rotatable bonds is 3. The van der Waals surface area contributed by atoms with Crippen LogP contribution in [0.25, 0.3) is 22.0 Å². The maximum atomic E-state index is 14.0. The molecule has 2 heterocycles. The number of fused-ring (bicyclic) bond motifs is 1. The van der Waals surface area contributed by atoms with Crippen molar-refractivity contribution in [2.45, 2.75) is 18.3 Å². The van der Waals surface area contributed by atoms with Crippen LogP contribution >= 0.6 is 11.3 Å². The zero-order valence-electron chi connectivity index (χ0n) is 16.3. The first kappa shape index (κ1) is 20.6. The fourth-order valence-corrected chi connectivity index (χ4v) is 4.46. The van der Waals surface area contributed by atoms with Gasteiger partial charge in [0, 0.05) is 10.9 Å². The number of anilines is 1. The molecule has 0 aliphatic carbocycles. The molecule has 9 heteroatoms. The average molecular weight is 457 g/mol. The normalized spacial score (nSPS) is 18.9. The van der Waals surface area contributed by atoms with Crippen molar-refractivity contribution in [1.29, 1.82) is 0 Å². The van der Waals surface area contributed by atoms with Crippen molar-refractivity contribution >= 4 is 33.0 Å². The molecule has 1 unspecified atom stereocenters. The molecule has 0 saturated heterocycles. The summed E-state index contributed by atoms with van der Waals surface area (Å²) in [6, 6.07) is 18.2. The van der Waals surface area contributed by atoms with Crippen LogP contribution in [-0.2, 0) is 0 Å². The number of hydrogen-bond donors (Lipinski definition) is 1. The van der Waals surface area contributed by atoms with E-state index >= 15 is 0 Å². The van der Waals surface area contributed by atoms with Gasteiger partial charge in [-0.3, -0.25) is 0 Å². The van der Waals surface area contributed by atoms with Gasteiger partial charge in [0.2, 0.25) is 5.13 Å². The van der Waals surface area contributed by atoms with Gasteiger partial charge in [-0.05, 0) is 46.7 Å². The largest absolute Gasteiger partial charge is 0.438 e. The van der Waals surface area contributed by atoms with Crippen molar-refractivity contribution in [3.8, 4) is 11.3 Å². The first-order valence-electron chi connectivity index (χ1n) is 9.62. The average Bonchev–Trinajstić information content (AvgIpc) is 3.39. The second-order valence-electron chi connectivity index (χ2n) is 7.43. The Hall–Kier alpha value is -3.30. The summed E-state index contributed by atoms with van der Waals surface area (Å²) in [4.78, 5) is 4.23. The minimum Gasteiger partial charge on any atom is -0.362 e. The van der Waals surface area contributed by atoms with Gasteiger partial charge >= 0.3 is 6.18 Å². The molecule has 5 rings (SSSR count). The van der Waals surface area contributed by atoms with Crippen LogP contribution in [0.4, 0.5) is 22.7 Å². The van der Waals surface area contributed by atoms with Crippen LogP contribution in [0, 0.1) is 5.82 Å². The number of thiazole rings is 1. The maximum Gasteiger partial charge on any atom is 0.438 e. The van der Waals surface area contributed by atoms with Crippen LogP contribution in [0.1, 0.15) is 12.0 Å². The van der Waals surface area contributed by atoms with E-state index < -0.39 is 24.1 Å². The smallest absolute Gasteiger partial charge is 0.362 e. The standard InChI is InChI=1S/C23H15F4N3OS/c24-18-9-7-15(8-10-18)20-13-32-21(28-20)30-22(31,23(25,26)27)12-19(29-30)17-6-5-14-3-1-2-4-16(14)11-17/h1-11,13,31H,12H2. The van der Waals surface area contributed by atoms with E-state index in [1.54, 1.807) is 23.6 Å². The summed E-state index contributed by atoms with van der Waals surface area (Å²) in [6.07, 6.45) is -5.71. The summed E-state index contributed by atoms with van der Waals surface area (Å²) in [5.41, 5.74) is -1.73. The summed E-state index contributed by atoms with van der Waals surface area (Å²) < 4.78 is 55.1. The number of benzene rings is 3. The summed E-state index contributed by atoms with van der Waals surface area (Å²) in [5, 5.41) is 18.6. The highest BCUT2D eigenvalue weighted by Gasteiger charge is 2.62. The molecule has 1 aromatic heterocycles. The SMILES string of the molecule is OC1(C(F)(F)F)CC(c2ccc3ccccc3c2)=NN1c1nc(-c2ccc(F)cc2)cs1. The lowest BCUT2D eigenvalue weighted by atomic mass is 9.98. The molecule has 0 saturated carbocycles. The number of nitrogens with zero attached hydrogens (tertiary/aromatic N) is 3. The van der Waals surface area contributed by atoms with Gasteiger partial charge in [0.05, 0.1) is 17.8 Å². The van der Waals surface area contributed by atoms with Crippen LogP contribution in [-0.4, -0.2) is 27.7 Å². The van der Waals surface area contributed by atoms with Crippen molar-refractivity contribution < 1.29 is 22.7 Å². The summed E-state index contributed by atoms with van der Waals surface area (Å²) in [5.74, 6) is -0.431. The van der Waals surface area contributed by atoms with Crippen molar-refractivity contribution in [2.24, 2.45) is 5.10 Å². The van der Waals surface area contributed by atoms with Gasteiger partial charge in [-0.25, -0.2) is 9.37 Å². The number of aliphatic hydroxyl groups is 1. The fraction of sp³-hybridized carbons (Fsp3) is 0.130. The van der Waals surface area contributed by atoms with E-state index in [2.05, 4.69) is 10.1 Å². The molecule has 1 N–H and O–H groups in total. The van der Waals surface area contributed by atoms with Gasteiger partial charge < -0.3 is 5.11 Å². The highest BCUT2D eigenvalue weighted by molar-refractivity contribution is 7.14. The number of hydrogen-bond acceptors (Lipinski definition) is 5. The molecular weight excluding hydrogens is 442 g/mol. The van der Waals surface area contributed by atoms with Gasteiger partial charge in [-0.15, -0.1) is 11.3 Å². The lowest BCUT2D eigenvalue weighted by Crippen LogP contribution is -2.55. The molecule has 0 bridgehead atoms. The monoisotopic (exact) mass is 457 g/mol. The van der Waals surface area contributed by atoms with E-state index in [0.717, 1.165) is 22.1 Å². The van der Waals surface area contributed by atoms with Crippen molar-refractivity contribution in [3.63, 3.8) is 0 Å². The molecule has 0 radical (unpaired) electrons. The molecule has 1 aliphatic rings. The molecule has 0 fully saturated rings. The first-order valence-corrected chi connectivity index (χ1v) is 10.5. The van der Waals surface area contributed by atoms with Crippen LogP contribution in [0.2, 0.25) is 0 Å². The lowest BCUT2D eigenvalue weighted by Gasteiger charge is -2.32. The van der Waals surface area contributed by atoms with Crippen LogP contribution in [0.3, 0.4) is 0 Å². The van der Waals surface area contributed by atoms with Gasteiger partial charge in [-0.2, -0.15) is 23.3 Å². The molecule has 32 heavy (non-hydrogen) atoms. The molecule has 4 nitrogen and oxygen atoms in total. The maximum absolute atomic E-state index is 14.0.